The summed E-state index contributed by atoms with van der Waals surface area (Å²) in [6, 6.07) is -3.06. The van der Waals surface area contributed by atoms with Gasteiger partial charge in [0.2, 0.25) is 12.4 Å². The van der Waals surface area contributed by atoms with Crippen molar-refractivity contribution >= 4 is 22.3 Å². The quantitative estimate of drug-likeness (QED) is 0.177. The number of hydrogen-bond acceptors (Lipinski definition) is 8. The molecule has 3 atom stereocenters. The van der Waals surface area contributed by atoms with E-state index in [0.29, 0.717) is 0 Å². The molecule has 1 saturated heterocycles. The summed E-state index contributed by atoms with van der Waals surface area (Å²) in [5, 5.41) is 17.3. The highest BCUT2D eigenvalue weighted by atomic mass is 32.2. The first-order valence-corrected chi connectivity index (χ1v) is 5.28. The van der Waals surface area contributed by atoms with Crippen LogP contribution >= 0.6 is 0 Å². The van der Waals surface area contributed by atoms with Gasteiger partial charge in [-0.25, -0.2) is 4.79 Å². The molecular formula is C5H7N3O7S. The van der Waals surface area contributed by atoms with Gasteiger partial charge in [-0.15, -0.1) is 0 Å². The van der Waals surface area contributed by atoms with Crippen molar-refractivity contribution in [2.45, 2.75) is 18.4 Å². The second-order valence-electron chi connectivity index (χ2n) is 2.73. The van der Waals surface area contributed by atoms with Crippen LogP contribution in [0.15, 0.2) is 4.99 Å². The molecule has 11 heteroatoms. The molecule has 1 rings (SSSR count). The Balaban J connectivity index is 2.92. The van der Waals surface area contributed by atoms with Gasteiger partial charge in [-0.05, 0) is 0 Å². The molecule has 0 spiro atoms. The molecule has 1 aliphatic rings. The number of nitrogens with one attached hydrogen (secondary N) is 2. The fourth-order valence-corrected chi connectivity index (χ4v) is 1.70. The lowest BCUT2D eigenvalue weighted by Gasteiger charge is -2.11. The van der Waals surface area contributed by atoms with Gasteiger partial charge in [0.1, 0.15) is 6.04 Å². The fraction of sp³-hybridized carbons (Fsp3) is 0.600. The molecule has 4 N–H and O–H groups in total. The highest BCUT2D eigenvalue weighted by Crippen LogP contribution is 2.17. The van der Waals surface area contributed by atoms with E-state index in [-0.39, 0.29) is 0 Å². The third-order valence-corrected chi connectivity index (χ3v) is 2.53. The van der Waals surface area contributed by atoms with Crippen LogP contribution in [0.1, 0.15) is 0 Å². The van der Waals surface area contributed by atoms with E-state index in [4.69, 9.17) is 10.3 Å². The first kappa shape index (κ1) is 12.7. The minimum absolute atomic E-state index is 0.898. The fourth-order valence-electron chi connectivity index (χ4n) is 1.08. The SMILES string of the molecule is O=C=N[C@H]1[C@H](O)OC(=O)[C@H]1NS(=O)(=O)NO. The Hall–Kier alpha value is -1.36. The number of aliphatic hydroxyl groups excluding tert-OH is 1. The van der Waals surface area contributed by atoms with Crippen molar-refractivity contribution in [1.82, 2.24) is 9.61 Å². The molecule has 0 aliphatic carbocycles. The van der Waals surface area contributed by atoms with Crippen molar-refractivity contribution in [2.75, 3.05) is 0 Å². The Morgan fingerprint density at radius 3 is 2.62 bits per heavy atom. The number of aliphatic hydroxyl groups is 1. The molecular weight excluding hydrogens is 246 g/mol. The van der Waals surface area contributed by atoms with Gasteiger partial charge in [-0.1, -0.05) is 4.89 Å². The van der Waals surface area contributed by atoms with Gasteiger partial charge in [0.15, 0.2) is 6.04 Å². The molecule has 0 saturated carbocycles. The minimum Gasteiger partial charge on any atom is -0.432 e. The molecule has 0 bridgehead atoms. The summed E-state index contributed by atoms with van der Waals surface area (Å²) < 4.78 is 27.6. The summed E-state index contributed by atoms with van der Waals surface area (Å²) in [5.74, 6) is -1.13. The normalized spacial score (nSPS) is 29.6. The Bertz CT molecular complexity index is 427. The number of carbonyl (C=O) groups excluding carboxylic acids is 2. The molecule has 1 fully saturated rings. The van der Waals surface area contributed by atoms with E-state index >= 15 is 0 Å². The van der Waals surface area contributed by atoms with Gasteiger partial charge < -0.3 is 15.1 Å². The number of aliphatic imine (C=N–C) groups is 1. The first-order chi connectivity index (χ1) is 7.41. The molecule has 0 aromatic carbocycles. The molecule has 10 nitrogen and oxygen atoms in total. The largest absolute Gasteiger partial charge is 0.432 e. The summed E-state index contributed by atoms with van der Waals surface area (Å²) >= 11 is 0. The highest BCUT2D eigenvalue weighted by molar-refractivity contribution is 7.87. The number of ether oxygens (including phenoxy) is 1. The summed E-state index contributed by atoms with van der Waals surface area (Å²) in [5.41, 5.74) is 0. The van der Waals surface area contributed by atoms with Crippen LogP contribution in [0.3, 0.4) is 0 Å². The van der Waals surface area contributed by atoms with Crippen LogP contribution in [0.2, 0.25) is 0 Å². The molecule has 0 radical (unpaired) electrons. The van der Waals surface area contributed by atoms with E-state index in [1.807, 2.05) is 0 Å². The van der Waals surface area contributed by atoms with Gasteiger partial charge in [0.05, 0.1) is 0 Å². The van der Waals surface area contributed by atoms with Gasteiger partial charge in [-0.2, -0.15) is 18.1 Å². The molecule has 0 amide bonds. The van der Waals surface area contributed by atoms with E-state index in [2.05, 4.69) is 9.73 Å². The summed E-state index contributed by atoms with van der Waals surface area (Å²) in [6.45, 7) is 0. The van der Waals surface area contributed by atoms with E-state index in [1.165, 1.54) is 0 Å². The zero-order chi connectivity index (χ0) is 12.3. The van der Waals surface area contributed by atoms with E-state index < -0.39 is 34.6 Å². The topological polar surface area (TPSA) is 154 Å². The first-order valence-electron chi connectivity index (χ1n) is 3.80. The maximum atomic E-state index is 11.1. The van der Waals surface area contributed by atoms with Crippen molar-refractivity contribution in [3.8, 4) is 0 Å². The number of esters is 1. The Morgan fingerprint density at radius 1 is 1.50 bits per heavy atom. The Labute approximate surface area is 89.1 Å². The van der Waals surface area contributed by atoms with Crippen molar-refractivity contribution in [2.24, 2.45) is 4.99 Å². The summed E-state index contributed by atoms with van der Waals surface area (Å²) in [6.07, 6.45) is -0.690. The van der Waals surface area contributed by atoms with E-state index in [9.17, 15) is 18.0 Å². The lowest BCUT2D eigenvalue weighted by atomic mass is 10.2. The standard InChI is InChI=1S/C5H7N3O7S/c9-1-6-2-3(5(11)15-4(2)10)7-16(13,14)8-12/h2-4,7-8,10,12H/t2-,3+,4-/m1/s1. The molecule has 0 aromatic heterocycles. The maximum absolute atomic E-state index is 11.1. The van der Waals surface area contributed by atoms with Crippen molar-refractivity contribution in [3.05, 3.63) is 0 Å². The van der Waals surface area contributed by atoms with Gasteiger partial charge in [0, 0.05) is 0 Å². The lowest BCUT2D eigenvalue weighted by molar-refractivity contribution is -0.154. The van der Waals surface area contributed by atoms with Crippen molar-refractivity contribution in [3.63, 3.8) is 0 Å². The molecule has 0 aromatic rings. The number of nitrogens with zero attached hydrogens (tertiary/aromatic N) is 1. The number of carbonyl (C=O) groups is 1. The molecule has 1 heterocycles. The van der Waals surface area contributed by atoms with Gasteiger partial charge in [0.25, 0.3) is 10.2 Å². The number of isocyanates is 1. The van der Waals surface area contributed by atoms with E-state index in [0.717, 1.165) is 11.0 Å². The smallest absolute Gasteiger partial charge is 0.329 e. The summed E-state index contributed by atoms with van der Waals surface area (Å²) in [7, 11) is -4.36. The van der Waals surface area contributed by atoms with Crippen LogP contribution in [0.5, 0.6) is 0 Å². The third-order valence-electron chi connectivity index (χ3n) is 1.73. The Morgan fingerprint density at radius 2 is 2.12 bits per heavy atom. The van der Waals surface area contributed by atoms with E-state index in [1.54, 1.807) is 4.72 Å². The number of cyclic esters (lactones) is 1. The highest BCUT2D eigenvalue weighted by Gasteiger charge is 2.46. The predicted octanol–water partition coefficient (Wildman–Crippen LogP) is -3.25. The van der Waals surface area contributed by atoms with Gasteiger partial charge in [-0.3, -0.25) is 4.79 Å². The zero-order valence-corrected chi connectivity index (χ0v) is 8.34. The van der Waals surface area contributed by atoms with Crippen LogP contribution < -0.4 is 9.61 Å². The molecule has 1 aliphatic heterocycles. The van der Waals surface area contributed by atoms with Crippen LogP contribution in [0.4, 0.5) is 0 Å². The maximum Gasteiger partial charge on any atom is 0.329 e. The number of rotatable bonds is 4. The zero-order valence-electron chi connectivity index (χ0n) is 7.52. The monoisotopic (exact) mass is 253 g/mol. The van der Waals surface area contributed by atoms with Gasteiger partial charge >= 0.3 is 5.97 Å². The predicted molar refractivity (Wildman–Crippen MR) is 44.8 cm³/mol. The second kappa shape index (κ2) is 4.65. The van der Waals surface area contributed by atoms with Crippen molar-refractivity contribution in [1.29, 1.82) is 0 Å². The molecule has 16 heavy (non-hydrogen) atoms. The van der Waals surface area contributed by atoms with Crippen molar-refractivity contribution < 1.29 is 33.1 Å². The van der Waals surface area contributed by atoms with Crippen LogP contribution in [0, 0.1) is 0 Å². The second-order valence-corrected chi connectivity index (χ2v) is 4.15. The van der Waals surface area contributed by atoms with Crippen LogP contribution in [-0.2, 0) is 24.5 Å². The molecule has 90 valence electrons. The average Bonchev–Trinajstić information content (AvgIpc) is 2.45. The Kier molecular flexibility index (Phi) is 3.70. The minimum atomic E-state index is -4.36. The third kappa shape index (κ3) is 2.61. The van der Waals surface area contributed by atoms with Crippen LogP contribution in [0.25, 0.3) is 0 Å². The molecule has 0 unspecified atom stereocenters. The summed E-state index contributed by atoms with van der Waals surface area (Å²) in [4.78, 5) is 25.0. The number of hydrogen-bond donors (Lipinski definition) is 4. The lowest BCUT2D eigenvalue weighted by Crippen LogP contribution is -2.48. The average molecular weight is 253 g/mol. The van der Waals surface area contributed by atoms with Crippen LogP contribution in [-0.4, -0.2) is 49.2 Å².